The second-order valence-electron chi connectivity index (χ2n) is 9.26. The van der Waals surface area contributed by atoms with Crippen molar-refractivity contribution < 1.29 is 19.8 Å². The van der Waals surface area contributed by atoms with Crippen LogP contribution in [0.3, 0.4) is 0 Å². The summed E-state index contributed by atoms with van der Waals surface area (Å²) in [4.78, 5) is 25.0. The number of hydrogen-bond donors (Lipinski definition) is 3. The molecule has 1 aromatic rings. The van der Waals surface area contributed by atoms with E-state index < -0.39 is 11.5 Å². The zero-order valence-electron chi connectivity index (χ0n) is 18.5. The molecule has 0 radical (unpaired) electrons. The number of aliphatic hydroxyl groups is 1. The number of aliphatic hydroxyl groups excluding tert-OH is 1. The summed E-state index contributed by atoms with van der Waals surface area (Å²) in [6.07, 6.45) is 3.23. The molecule has 0 aliphatic carbocycles. The van der Waals surface area contributed by atoms with Crippen LogP contribution in [0.5, 0.6) is 0 Å². The van der Waals surface area contributed by atoms with Crippen LogP contribution in [0.1, 0.15) is 58.6 Å². The number of carboxylic acid groups (broad SMARTS) is 1. The lowest BCUT2D eigenvalue weighted by Crippen LogP contribution is -2.55. The molecule has 1 aliphatic heterocycles. The zero-order valence-corrected chi connectivity index (χ0v) is 19.2. The lowest BCUT2D eigenvalue weighted by atomic mass is 9.78. The molecular weight excluding hydrogens is 404 g/mol. The Morgan fingerprint density at radius 3 is 2.53 bits per heavy atom. The number of carboxylic acids is 1. The van der Waals surface area contributed by atoms with Crippen molar-refractivity contribution in [2.45, 2.75) is 59.4 Å². The van der Waals surface area contributed by atoms with Gasteiger partial charge in [0.15, 0.2) is 0 Å². The molecule has 1 heterocycles. The second kappa shape index (κ2) is 9.40. The molecule has 0 saturated carbocycles. The number of aryl methyl sites for hydroxylation is 1. The SMILES string of the molecule is CC(C)C1=CN(CCC(=O)O)C(=O)N[C@@]1(C)c1ccc(CCC(C)(C)CO)c(Cl)c1. The zero-order chi connectivity index (χ0) is 22.7. The van der Waals surface area contributed by atoms with Crippen LogP contribution < -0.4 is 5.32 Å². The maximum absolute atomic E-state index is 12.7. The fraction of sp³-hybridized carbons (Fsp3) is 0.565. The highest BCUT2D eigenvalue weighted by atomic mass is 35.5. The summed E-state index contributed by atoms with van der Waals surface area (Å²) in [6, 6.07) is 5.54. The first kappa shape index (κ1) is 24.2. The minimum atomic E-state index is -0.942. The van der Waals surface area contributed by atoms with Gasteiger partial charge in [-0.2, -0.15) is 0 Å². The summed E-state index contributed by atoms with van der Waals surface area (Å²) in [5.41, 5.74) is 1.96. The number of carbonyl (C=O) groups excluding carboxylic acids is 1. The molecule has 30 heavy (non-hydrogen) atoms. The van der Waals surface area contributed by atoms with Crippen LogP contribution in [-0.4, -0.2) is 40.3 Å². The van der Waals surface area contributed by atoms with Gasteiger partial charge in [-0.25, -0.2) is 4.79 Å². The highest BCUT2D eigenvalue weighted by Gasteiger charge is 2.39. The van der Waals surface area contributed by atoms with Gasteiger partial charge in [0, 0.05) is 24.4 Å². The topological polar surface area (TPSA) is 89.9 Å². The summed E-state index contributed by atoms with van der Waals surface area (Å²) in [6.45, 7) is 10.3. The summed E-state index contributed by atoms with van der Waals surface area (Å²) < 4.78 is 0. The largest absolute Gasteiger partial charge is 0.481 e. The third-order valence-electron chi connectivity index (χ3n) is 5.81. The van der Waals surface area contributed by atoms with E-state index in [9.17, 15) is 14.7 Å². The number of amides is 2. The van der Waals surface area contributed by atoms with Crippen molar-refractivity contribution in [2.24, 2.45) is 11.3 Å². The number of aliphatic carboxylic acids is 1. The predicted molar refractivity (Wildman–Crippen MR) is 118 cm³/mol. The van der Waals surface area contributed by atoms with Crippen LogP contribution in [-0.2, 0) is 16.8 Å². The van der Waals surface area contributed by atoms with E-state index in [4.69, 9.17) is 16.7 Å². The predicted octanol–water partition coefficient (Wildman–Crippen LogP) is 4.55. The van der Waals surface area contributed by atoms with Gasteiger partial charge in [-0.05, 0) is 53.9 Å². The van der Waals surface area contributed by atoms with E-state index in [0.29, 0.717) is 5.02 Å². The maximum atomic E-state index is 12.7. The lowest BCUT2D eigenvalue weighted by molar-refractivity contribution is -0.137. The lowest BCUT2D eigenvalue weighted by Gasteiger charge is -2.42. The van der Waals surface area contributed by atoms with Gasteiger partial charge >= 0.3 is 12.0 Å². The highest BCUT2D eigenvalue weighted by Crippen LogP contribution is 2.38. The van der Waals surface area contributed by atoms with E-state index in [0.717, 1.165) is 29.5 Å². The molecule has 0 fully saturated rings. The first-order valence-corrected chi connectivity index (χ1v) is 10.7. The molecule has 166 valence electrons. The molecule has 0 spiro atoms. The number of nitrogens with one attached hydrogen (secondary N) is 1. The number of nitrogens with zero attached hydrogens (tertiary/aromatic N) is 1. The fourth-order valence-electron chi connectivity index (χ4n) is 3.67. The van der Waals surface area contributed by atoms with Crippen molar-refractivity contribution in [1.82, 2.24) is 10.2 Å². The Labute approximate surface area is 183 Å². The molecule has 0 bridgehead atoms. The van der Waals surface area contributed by atoms with Gasteiger partial charge in [-0.1, -0.05) is 51.4 Å². The third-order valence-corrected chi connectivity index (χ3v) is 6.16. The maximum Gasteiger partial charge on any atom is 0.322 e. The van der Waals surface area contributed by atoms with E-state index in [1.54, 1.807) is 6.20 Å². The Morgan fingerprint density at radius 2 is 2.00 bits per heavy atom. The Morgan fingerprint density at radius 1 is 1.33 bits per heavy atom. The Kier molecular flexibility index (Phi) is 7.59. The van der Waals surface area contributed by atoms with Crippen molar-refractivity contribution in [3.8, 4) is 0 Å². The van der Waals surface area contributed by atoms with Crippen LogP contribution in [0.4, 0.5) is 4.79 Å². The summed E-state index contributed by atoms with van der Waals surface area (Å²) in [5.74, 6) is -0.811. The molecule has 0 saturated heterocycles. The molecule has 2 rings (SSSR count). The molecule has 1 atom stereocenters. The first-order valence-electron chi connectivity index (χ1n) is 10.3. The molecule has 0 unspecified atom stereocenters. The van der Waals surface area contributed by atoms with E-state index >= 15 is 0 Å². The smallest absolute Gasteiger partial charge is 0.322 e. The van der Waals surface area contributed by atoms with E-state index in [1.807, 2.05) is 52.8 Å². The molecule has 7 heteroatoms. The minimum Gasteiger partial charge on any atom is -0.481 e. The number of hydrogen-bond acceptors (Lipinski definition) is 3. The van der Waals surface area contributed by atoms with Gasteiger partial charge in [-0.3, -0.25) is 4.79 Å². The quantitative estimate of drug-likeness (QED) is 0.529. The average Bonchev–Trinajstić information content (AvgIpc) is 2.65. The molecular formula is C23H33ClN2O4. The van der Waals surface area contributed by atoms with Crippen LogP contribution >= 0.6 is 11.6 Å². The van der Waals surface area contributed by atoms with Crippen LogP contribution in [0.2, 0.25) is 5.02 Å². The molecule has 1 aromatic carbocycles. The highest BCUT2D eigenvalue weighted by molar-refractivity contribution is 6.31. The number of benzene rings is 1. The summed E-state index contributed by atoms with van der Waals surface area (Å²) in [7, 11) is 0. The van der Waals surface area contributed by atoms with Crippen LogP contribution in [0, 0.1) is 11.3 Å². The van der Waals surface area contributed by atoms with Gasteiger partial charge in [0.05, 0.1) is 12.0 Å². The molecule has 0 aromatic heterocycles. The summed E-state index contributed by atoms with van der Waals surface area (Å²) in [5, 5.41) is 22.1. The van der Waals surface area contributed by atoms with Crippen molar-refractivity contribution in [3.05, 3.63) is 46.1 Å². The fourth-order valence-corrected chi connectivity index (χ4v) is 3.95. The number of halogens is 1. The second-order valence-corrected chi connectivity index (χ2v) is 9.67. The van der Waals surface area contributed by atoms with Gasteiger partial charge in [0.1, 0.15) is 0 Å². The van der Waals surface area contributed by atoms with Crippen molar-refractivity contribution in [1.29, 1.82) is 0 Å². The average molecular weight is 437 g/mol. The number of carbonyl (C=O) groups is 2. The van der Waals surface area contributed by atoms with Gasteiger partial charge in [-0.15, -0.1) is 0 Å². The first-order chi connectivity index (χ1) is 13.9. The van der Waals surface area contributed by atoms with Crippen LogP contribution in [0.25, 0.3) is 0 Å². The molecule has 1 aliphatic rings. The Balaban J connectivity index is 2.34. The molecule has 2 amide bonds. The van der Waals surface area contributed by atoms with Gasteiger partial charge in [0.25, 0.3) is 0 Å². The van der Waals surface area contributed by atoms with Gasteiger partial charge < -0.3 is 20.4 Å². The number of urea groups is 1. The van der Waals surface area contributed by atoms with E-state index in [-0.39, 0.29) is 36.9 Å². The Hall–Kier alpha value is -2.05. The van der Waals surface area contributed by atoms with E-state index in [1.165, 1.54) is 4.90 Å². The molecule has 6 nitrogen and oxygen atoms in total. The molecule has 3 N–H and O–H groups in total. The monoisotopic (exact) mass is 436 g/mol. The van der Waals surface area contributed by atoms with Crippen molar-refractivity contribution in [3.63, 3.8) is 0 Å². The van der Waals surface area contributed by atoms with E-state index in [2.05, 4.69) is 5.32 Å². The minimum absolute atomic E-state index is 0.114. The third kappa shape index (κ3) is 5.55. The van der Waals surface area contributed by atoms with Crippen molar-refractivity contribution in [2.75, 3.05) is 13.2 Å². The normalized spacial score (nSPS) is 19.7. The standard InChI is InChI=1S/C23H33ClN2O4/c1-15(2)18-13-26(11-9-20(28)29)21(30)25-23(18,5)17-7-6-16(19(24)12-17)8-10-22(3,4)14-27/h6-7,12-13,15,27H,8-11,14H2,1-5H3,(H,25,30)(H,28,29)/t23-/m0/s1. The van der Waals surface area contributed by atoms with Gasteiger partial charge in [0.2, 0.25) is 0 Å². The summed E-state index contributed by atoms with van der Waals surface area (Å²) >= 11 is 6.59. The van der Waals surface area contributed by atoms with Crippen molar-refractivity contribution >= 4 is 23.6 Å². The number of rotatable bonds is 9. The Bertz CT molecular complexity index is 834. The van der Waals surface area contributed by atoms with Crippen LogP contribution in [0.15, 0.2) is 30.0 Å².